The Hall–Kier alpha value is -2.22. The molecule has 7 heteroatoms. The summed E-state index contributed by atoms with van der Waals surface area (Å²) in [4.78, 5) is 12.1. The number of hydrogen-bond donors (Lipinski definition) is 2. The van der Waals surface area contributed by atoms with Gasteiger partial charge in [-0.1, -0.05) is 50.3 Å². The summed E-state index contributed by atoms with van der Waals surface area (Å²) in [6, 6.07) is 11.2. The van der Waals surface area contributed by atoms with Crippen molar-refractivity contribution in [2.45, 2.75) is 24.8 Å². The highest BCUT2D eigenvalue weighted by Gasteiger charge is 2.37. The molecule has 2 rings (SSSR count). The summed E-state index contributed by atoms with van der Waals surface area (Å²) in [5.41, 5.74) is 1.56. The SMILES string of the molecule is C=CCN([C@@H](C(=O)NO)C(C)C)S(=O)(=O)c1ccc2ccccc2c1. The normalized spacial score (nSPS) is 13.2. The highest BCUT2D eigenvalue weighted by atomic mass is 32.2. The minimum absolute atomic E-state index is 0.0502. The molecule has 0 bridgehead atoms. The monoisotopic (exact) mass is 362 g/mol. The average Bonchev–Trinajstić information content (AvgIpc) is 2.60. The topological polar surface area (TPSA) is 86.7 Å². The smallest absolute Gasteiger partial charge is 0.262 e. The Morgan fingerprint density at radius 2 is 1.88 bits per heavy atom. The first-order valence-corrected chi connectivity index (χ1v) is 9.32. The second-order valence-electron chi connectivity index (χ2n) is 6.04. The second kappa shape index (κ2) is 7.77. The van der Waals surface area contributed by atoms with Crippen molar-refractivity contribution in [1.29, 1.82) is 0 Å². The van der Waals surface area contributed by atoms with Gasteiger partial charge in [-0.25, -0.2) is 13.9 Å². The van der Waals surface area contributed by atoms with Crippen molar-refractivity contribution >= 4 is 26.7 Å². The largest absolute Gasteiger partial charge is 0.289 e. The predicted octanol–water partition coefficient (Wildman–Crippen LogP) is 2.55. The standard InChI is InChI=1S/C18H22N2O4S/c1-4-11-20(17(13(2)3)18(21)19-22)25(23,24)16-10-9-14-7-5-6-8-15(14)12-16/h4-10,12-13,17,22H,1,11H2,2-3H3,(H,19,21)/t17-/m1/s1. The molecule has 1 amide bonds. The lowest BCUT2D eigenvalue weighted by atomic mass is 10.0. The molecular formula is C18H22N2O4S. The molecule has 0 aliphatic heterocycles. The lowest BCUT2D eigenvalue weighted by Crippen LogP contribution is -2.51. The first-order valence-electron chi connectivity index (χ1n) is 7.88. The zero-order valence-corrected chi connectivity index (χ0v) is 15.0. The molecular weight excluding hydrogens is 340 g/mol. The molecule has 0 radical (unpaired) electrons. The van der Waals surface area contributed by atoms with E-state index >= 15 is 0 Å². The van der Waals surface area contributed by atoms with E-state index in [1.165, 1.54) is 12.1 Å². The van der Waals surface area contributed by atoms with Crippen molar-refractivity contribution in [3.8, 4) is 0 Å². The number of nitrogens with zero attached hydrogens (tertiary/aromatic N) is 1. The van der Waals surface area contributed by atoms with E-state index < -0.39 is 22.0 Å². The Labute approximate surface area is 147 Å². The summed E-state index contributed by atoms with van der Waals surface area (Å²) in [6.45, 7) is 6.96. The molecule has 0 heterocycles. The molecule has 0 aliphatic carbocycles. The molecule has 25 heavy (non-hydrogen) atoms. The van der Waals surface area contributed by atoms with Crippen LogP contribution in [-0.2, 0) is 14.8 Å². The fourth-order valence-corrected chi connectivity index (χ4v) is 4.51. The number of benzene rings is 2. The molecule has 0 spiro atoms. The highest BCUT2D eigenvalue weighted by Crippen LogP contribution is 2.25. The van der Waals surface area contributed by atoms with Gasteiger partial charge in [-0.2, -0.15) is 4.31 Å². The summed E-state index contributed by atoms with van der Waals surface area (Å²) in [6.07, 6.45) is 1.42. The van der Waals surface area contributed by atoms with Gasteiger partial charge in [-0.15, -0.1) is 6.58 Å². The van der Waals surface area contributed by atoms with E-state index in [1.54, 1.807) is 31.5 Å². The summed E-state index contributed by atoms with van der Waals surface area (Å²) >= 11 is 0. The van der Waals surface area contributed by atoms with E-state index in [0.717, 1.165) is 15.1 Å². The van der Waals surface area contributed by atoms with Crippen LogP contribution < -0.4 is 5.48 Å². The predicted molar refractivity (Wildman–Crippen MR) is 96.6 cm³/mol. The quantitative estimate of drug-likeness (QED) is 0.450. The molecule has 0 aliphatic rings. The van der Waals surface area contributed by atoms with Crippen molar-refractivity contribution in [2.24, 2.45) is 5.92 Å². The van der Waals surface area contributed by atoms with Gasteiger partial charge in [0.05, 0.1) is 4.90 Å². The molecule has 2 aromatic rings. The summed E-state index contributed by atoms with van der Waals surface area (Å²) in [5.74, 6) is -1.12. The third-order valence-electron chi connectivity index (χ3n) is 3.96. The van der Waals surface area contributed by atoms with Crippen LogP contribution in [0.4, 0.5) is 0 Å². The Morgan fingerprint density at radius 1 is 1.24 bits per heavy atom. The van der Waals surface area contributed by atoms with Crippen LogP contribution in [-0.4, -0.2) is 36.4 Å². The van der Waals surface area contributed by atoms with Gasteiger partial charge in [0.2, 0.25) is 10.0 Å². The number of hydrogen-bond acceptors (Lipinski definition) is 4. The van der Waals surface area contributed by atoms with Crippen LogP contribution in [0.2, 0.25) is 0 Å². The molecule has 0 fully saturated rings. The maximum Gasteiger partial charge on any atom is 0.262 e. The number of nitrogens with one attached hydrogen (secondary N) is 1. The van der Waals surface area contributed by atoms with Gasteiger partial charge in [0.1, 0.15) is 6.04 Å². The zero-order valence-electron chi connectivity index (χ0n) is 14.2. The van der Waals surface area contributed by atoms with Crippen LogP contribution in [0, 0.1) is 5.92 Å². The van der Waals surface area contributed by atoms with Crippen LogP contribution in [0.25, 0.3) is 10.8 Å². The Balaban J connectivity index is 2.56. The number of amides is 1. The highest BCUT2D eigenvalue weighted by molar-refractivity contribution is 7.89. The van der Waals surface area contributed by atoms with E-state index in [0.29, 0.717) is 0 Å². The minimum atomic E-state index is -3.96. The average molecular weight is 362 g/mol. The van der Waals surface area contributed by atoms with E-state index in [-0.39, 0.29) is 17.4 Å². The van der Waals surface area contributed by atoms with Crippen LogP contribution in [0.3, 0.4) is 0 Å². The number of fused-ring (bicyclic) bond motifs is 1. The van der Waals surface area contributed by atoms with Crippen molar-refractivity contribution in [1.82, 2.24) is 9.79 Å². The molecule has 134 valence electrons. The number of carbonyl (C=O) groups excluding carboxylic acids is 1. The Kier molecular flexibility index (Phi) is 5.94. The lowest BCUT2D eigenvalue weighted by Gasteiger charge is -2.31. The van der Waals surface area contributed by atoms with Crippen LogP contribution in [0.15, 0.2) is 60.0 Å². The van der Waals surface area contributed by atoms with Gasteiger partial charge in [0.25, 0.3) is 5.91 Å². The maximum atomic E-state index is 13.1. The molecule has 0 unspecified atom stereocenters. The van der Waals surface area contributed by atoms with Crippen molar-refractivity contribution < 1.29 is 18.4 Å². The Morgan fingerprint density at radius 3 is 2.44 bits per heavy atom. The first kappa shape index (κ1) is 19.1. The van der Waals surface area contributed by atoms with E-state index in [2.05, 4.69) is 6.58 Å². The van der Waals surface area contributed by atoms with E-state index in [9.17, 15) is 13.2 Å². The van der Waals surface area contributed by atoms with Crippen LogP contribution in [0.1, 0.15) is 13.8 Å². The van der Waals surface area contributed by atoms with Gasteiger partial charge >= 0.3 is 0 Å². The number of rotatable bonds is 7. The fourth-order valence-electron chi connectivity index (χ4n) is 2.78. The molecule has 0 saturated heterocycles. The van der Waals surface area contributed by atoms with Crippen LogP contribution in [0.5, 0.6) is 0 Å². The third-order valence-corrected chi connectivity index (χ3v) is 5.80. The summed E-state index contributed by atoms with van der Waals surface area (Å²) in [5, 5.41) is 10.7. The molecule has 0 aromatic heterocycles. The number of sulfonamides is 1. The maximum absolute atomic E-state index is 13.1. The minimum Gasteiger partial charge on any atom is -0.289 e. The second-order valence-corrected chi connectivity index (χ2v) is 7.93. The lowest BCUT2D eigenvalue weighted by molar-refractivity contribution is -0.134. The molecule has 2 aromatic carbocycles. The van der Waals surface area contributed by atoms with Gasteiger partial charge in [0, 0.05) is 6.54 Å². The molecule has 2 N–H and O–H groups in total. The molecule has 0 saturated carbocycles. The third kappa shape index (κ3) is 3.89. The van der Waals surface area contributed by atoms with Crippen LogP contribution >= 0.6 is 0 Å². The van der Waals surface area contributed by atoms with E-state index in [1.807, 2.05) is 24.3 Å². The Bertz CT molecular complexity index is 878. The number of hydroxylamine groups is 1. The van der Waals surface area contributed by atoms with Gasteiger partial charge in [-0.05, 0) is 28.8 Å². The fraction of sp³-hybridized carbons (Fsp3) is 0.278. The van der Waals surface area contributed by atoms with E-state index in [4.69, 9.17) is 5.21 Å². The van der Waals surface area contributed by atoms with Crippen molar-refractivity contribution in [2.75, 3.05) is 6.54 Å². The van der Waals surface area contributed by atoms with Crippen molar-refractivity contribution in [3.63, 3.8) is 0 Å². The molecule has 6 nitrogen and oxygen atoms in total. The summed E-state index contributed by atoms with van der Waals surface area (Å²) < 4.78 is 27.4. The van der Waals surface area contributed by atoms with Gasteiger partial charge < -0.3 is 0 Å². The van der Waals surface area contributed by atoms with Crippen molar-refractivity contribution in [3.05, 3.63) is 55.1 Å². The summed E-state index contributed by atoms with van der Waals surface area (Å²) in [7, 11) is -3.96. The van der Waals surface area contributed by atoms with Gasteiger partial charge in [0.15, 0.2) is 0 Å². The molecule has 1 atom stereocenters. The number of carbonyl (C=O) groups is 1. The first-order chi connectivity index (χ1) is 11.8. The van der Waals surface area contributed by atoms with Gasteiger partial charge in [-0.3, -0.25) is 10.0 Å². The zero-order chi connectivity index (χ0) is 18.6.